The van der Waals surface area contributed by atoms with E-state index in [1.165, 1.54) is 25.0 Å². The fourth-order valence-corrected chi connectivity index (χ4v) is 2.55. The molecular weight excluding hydrogens is 253 g/mol. The first-order valence-electron chi connectivity index (χ1n) is 6.95. The van der Waals surface area contributed by atoms with Gasteiger partial charge >= 0.3 is 0 Å². The maximum atomic E-state index is 13.1. The van der Waals surface area contributed by atoms with Gasteiger partial charge in [-0.1, -0.05) is 12.1 Å². The second-order valence-corrected chi connectivity index (χ2v) is 5.51. The fraction of sp³-hybridized carbons (Fsp3) is 0.294. The Morgan fingerprint density at radius 1 is 1.15 bits per heavy atom. The van der Waals surface area contributed by atoms with Gasteiger partial charge in [0.25, 0.3) is 0 Å². The maximum Gasteiger partial charge on any atom is 0.123 e. The summed E-state index contributed by atoms with van der Waals surface area (Å²) in [7, 11) is 0. The number of rotatable bonds is 4. The van der Waals surface area contributed by atoms with E-state index >= 15 is 0 Å². The minimum atomic E-state index is -0.205. The lowest BCUT2D eigenvalue weighted by atomic mass is 10.0. The summed E-state index contributed by atoms with van der Waals surface area (Å²) in [6.07, 6.45) is 2.40. The normalized spacial score (nSPS) is 15.9. The molecule has 1 atom stereocenters. The Morgan fingerprint density at radius 2 is 1.85 bits per heavy atom. The molecule has 0 radical (unpaired) electrons. The molecule has 1 aliphatic carbocycles. The molecule has 1 aliphatic rings. The Labute approximate surface area is 118 Å². The zero-order valence-corrected chi connectivity index (χ0v) is 11.4. The molecule has 0 aromatic heterocycles. The molecule has 0 spiro atoms. The number of phenolic OH excluding ortho intramolecular Hbond substituents is 1. The first-order chi connectivity index (χ1) is 9.63. The lowest BCUT2D eigenvalue weighted by Crippen LogP contribution is -2.13. The van der Waals surface area contributed by atoms with Crippen LogP contribution in [0.25, 0.3) is 0 Å². The molecule has 3 heteroatoms. The number of anilines is 1. The molecule has 2 N–H and O–H groups in total. The van der Waals surface area contributed by atoms with Crippen LogP contribution < -0.4 is 5.32 Å². The summed E-state index contributed by atoms with van der Waals surface area (Å²) in [6.45, 7) is 1.97. The Morgan fingerprint density at radius 3 is 2.45 bits per heavy atom. The molecule has 2 aromatic carbocycles. The van der Waals surface area contributed by atoms with E-state index in [0.717, 1.165) is 16.8 Å². The Hall–Kier alpha value is -2.03. The lowest BCUT2D eigenvalue weighted by molar-refractivity contribution is 0.475. The second-order valence-electron chi connectivity index (χ2n) is 5.51. The summed E-state index contributed by atoms with van der Waals surface area (Å²) in [5.41, 5.74) is 3.14. The topological polar surface area (TPSA) is 32.3 Å². The first kappa shape index (κ1) is 13.0. The molecule has 20 heavy (non-hydrogen) atoms. The van der Waals surface area contributed by atoms with Crippen molar-refractivity contribution in [2.24, 2.45) is 5.92 Å². The van der Waals surface area contributed by atoms with Gasteiger partial charge in [-0.2, -0.15) is 0 Å². The number of benzene rings is 2. The summed E-state index contributed by atoms with van der Waals surface area (Å²) in [4.78, 5) is 0. The first-order valence-corrected chi connectivity index (χ1v) is 6.95. The van der Waals surface area contributed by atoms with Crippen LogP contribution in [0.4, 0.5) is 10.1 Å². The molecule has 2 aromatic rings. The van der Waals surface area contributed by atoms with Crippen molar-refractivity contribution in [3.05, 3.63) is 59.4 Å². The van der Waals surface area contributed by atoms with Crippen molar-refractivity contribution in [3.63, 3.8) is 0 Å². The van der Waals surface area contributed by atoms with Crippen molar-refractivity contribution in [2.75, 3.05) is 5.32 Å². The van der Waals surface area contributed by atoms with Gasteiger partial charge < -0.3 is 10.4 Å². The maximum absolute atomic E-state index is 13.1. The monoisotopic (exact) mass is 271 g/mol. The van der Waals surface area contributed by atoms with Crippen molar-refractivity contribution in [1.82, 2.24) is 0 Å². The highest BCUT2D eigenvalue weighted by molar-refractivity contribution is 5.55. The van der Waals surface area contributed by atoms with Gasteiger partial charge in [0.15, 0.2) is 0 Å². The smallest absolute Gasteiger partial charge is 0.123 e. The van der Waals surface area contributed by atoms with E-state index in [-0.39, 0.29) is 17.6 Å². The number of halogens is 1. The van der Waals surface area contributed by atoms with E-state index in [1.54, 1.807) is 12.1 Å². The van der Waals surface area contributed by atoms with Crippen LogP contribution in [0.5, 0.6) is 5.75 Å². The van der Waals surface area contributed by atoms with Crippen molar-refractivity contribution in [3.8, 4) is 5.75 Å². The van der Waals surface area contributed by atoms with Crippen molar-refractivity contribution in [1.29, 1.82) is 0 Å². The van der Waals surface area contributed by atoms with Gasteiger partial charge in [0.05, 0.1) is 6.04 Å². The predicted molar refractivity (Wildman–Crippen MR) is 78.3 cm³/mol. The minimum absolute atomic E-state index is 0.205. The van der Waals surface area contributed by atoms with Crippen LogP contribution in [0.3, 0.4) is 0 Å². The molecule has 104 valence electrons. The molecule has 0 amide bonds. The molecule has 1 unspecified atom stereocenters. The summed E-state index contributed by atoms with van der Waals surface area (Å²) in [5.74, 6) is 0.676. The second kappa shape index (κ2) is 5.16. The van der Waals surface area contributed by atoms with Gasteiger partial charge in [0.1, 0.15) is 11.6 Å². The standard InChI is InChI=1S/C17H18FNO/c1-11-10-15(20)8-9-16(11)19-17(12-2-3-12)13-4-6-14(18)7-5-13/h4-10,12,17,19-20H,2-3H2,1H3. The van der Waals surface area contributed by atoms with Crippen LogP contribution in [0.2, 0.25) is 0 Å². The molecule has 3 rings (SSSR count). The summed E-state index contributed by atoms with van der Waals surface area (Å²) >= 11 is 0. The number of hydrogen-bond acceptors (Lipinski definition) is 2. The average molecular weight is 271 g/mol. The van der Waals surface area contributed by atoms with E-state index < -0.39 is 0 Å². The number of hydrogen-bond donors (Lipinski definition) is 2. The number of aromatic hydroxyl groups is 1. The van der Waals surface area contributed by atoms with Crippen LogP contribution in [0.15, 0.2) is 42.5 Å². The molecule has 1 saturated carbocycles. The Kier molecular flexibility index (Phi) is 3.35. The third-order valence-electron chi connectivity index (χ3n) is 3.84. The fourth-order valence-electron chi connectivity index (χ4n) is 2.55. The highest BCUT2D eigenvalue weighted by Gasteiger charge is 2.32. The predicted octanol–water partition coefficient (Wildman–Crippen LogP) is 4.40. The van der Waals surface area contributed by atoms with Crippen molar-refractivity contribution in [2.45, 2.75) is 25.8 Å². The van der Waals surface area contributed by atoms with Gasteiger partial charge in [0.2, 0.25) is 0 Å². The molecule has 0 heterocycles. The van der Waals surface area contributed by atoms with Gasteiger partial charge in [0, 0.05) is 5.69 Å². The van der Waals surface area contributed by atoms with Gasteiger partial charge in [-0.25, -0.2) is 4.39 Å². The van der Waals surface area contributed by atoms with E-state index in [2.05, 4.69) is 5.32 Å². The molecule has 0 aliphatic heterocycles. The molecular formula is C17H18FNO. The van der Waals surface area contributed by atoms with E-state index in [1.807, 2.05) is 25.1 Å². The summed E-state index contributed by atoms with van der Waals surface area (Å²) < 4.78 is 13.1. The van der Waals surface area contributed by atoms with Crippen molar-refractivity contribution >= 4 is 5.69 Å². The van der Waals surface area contributed by atoms with Crippen LogP contribution in [-0.2, 0) is 0 Å². The van der Waals surface area contributed by atoms with Crippen LogP contribution in [-0.4, -0.2) is 5.11 Å². The lowest BCUT2D eigenvalue weighted by Gasteiger charge is -2.21. The van der Waals surface area contributed by atoms with Gasteiger partial charge in [-0.15, -0.1) is 0 Å². The highest BCUT2D eigenvalue weighted by atomic mass is 19.1. The average Bonchev–Trinajstić information content (AvgIpc) is 3.24. The van der Waals surface area contributed by atoms with E-state index in [9.17, 15) is 9.50 Å². The summed E-state index contributed by atoms with van der Waals surface area (Å²) in [5, 5.41) is 13.0. The van der Waals surface area contributed by atoms with Crippen LogP contribution >= 0.6 is 0 Å². The minimum Gasteiger partial charge on any atom is -0.508 e. The third kappa shape index (κ3) is 2.77. The zero-order valence-electron chi connectivity index (χ0n) is 11.4. The Bertz CT molecular complexity index is 605. The third-order valence-corrected chi connectivity index (χ3v) is 3.84. The SMILES string of the molecule is Cc1cc(O)ccc1NC(c1ccc(F)cc1)C1CC1. The molecule has 0 saturated heterocycles. The largest absolute Gasteiger partial charge is 0.508 e. The van der Waals surface area contributed by atoms with Crippen molar-refractivity contribution < 1.29 is 9.50 Å². The Balaban J connectivity index is 1.86. The van der Waals surface area contributed by atoms with Gasteiger partial charge in [-0.05, 0) is 67.1 Å². The summed E-state index contributed by atoms with van der Waals surface area (Å²) in [6, 6.07) is 12.2. The number of aryl methyl sites for hydroxylation is 1. The molecule has 2 nitrogen and oxygen atoms in total. The van der Waals surface area contributed by atoms with Gasteiger partial charge in [-0.3, -0.25) is 0 Å². The van der Waals surface area contributed by atoms with Crippen LogP contribution in [0.1, 0.15) is 30.0 Å². The number of nitrogens with one attached hydrogen (secondary N) is 1. The zero-order chi connectivity index (χ0) is 14.1. The quantitative estimate of drug-likeness (QED) is 0.808. The van der Waals surface area contributed by atoms with Crippen LogP contribution in [0, 0.1) is 18.7 Å². The number of phenols is 1. The van der Waals surface area contributed by atoms with E-state index in [4.69, 9.17) is 0 Å². The molecule has 0 bridgehead atoms. The molecule has 1 fully saturated rings. The van der Waals surface area contributed by atoms with E-state index in [0.29, 0.717) is 5.92 Å². The highest BCUT2D eigenvalue weighted by Crippen LogP contribution is 2.43.